The van der Waals surface area contributed by atoms with Crippen molar-refractivity contribution in [3.8, 4) is 0 Å². The number of hydrogen-bond donors (Lipinski definition) is 1. The number of nitrogens with zero attached hydrogens (tertiary/aromatic N) is 3. The van der Waals surface area contributed by atoms with E-state index >= 15 is 0 Å². The number of rotatable bonds is 2. The Bertz CT molecular complexity index is 936. The van der Waals surface area contributed by atoms with E-state index in [2.05, 4.69) is 18.8 Å². The van der Waals surface area contributed by atoms with Crippen LogP contribution in [-0.2, 0) is 16.6 Å². The first kappa shape index (κ1) is 23.3. The molecule has 3 atom stereocenters. The van der Waals surface area contributed by atoms with Crippen molar-refractivity contribution < 1.29 is 32.6 Å². The largest absolute Gasteiger partial charge is 0.490 e. The Morgan fingerprint density at radius 2 is 2.00 bits per heavy atom. The van der Waals surface area contributed by atoms with Crippen LogP contribution in [0.15, 0.2) is 18.3 Å². The minimum atomic E-state index is -5.08. The summed E-state index contributed by atoms with van der Waals surface area (Å²) in [5.41, 5.74) is 1.86. The van der Waals surface area contributed by atoms with Crippen LogP contribution in [0.3, 0.4) is 0 Å². The number of piperidine rings is 1. The minimum absolute atomic E-state index is 0.0995. The highest BCUT2D eigenvalue weighted by Crippen LogP contribution is 2.42. The third-order valence-corrected chi connectivity index (χ3v) is 6.70. The predicted octanol–water partition coefficient (Wildman–Crippen LogP) is 3.72. The summed E-state index contributed by atoms with van der Waals surface area (Å²) in [6, 6.07) is 3.81. The molecule has 2 aliphatic heterocycles. The Kier molecular flexibility index (Phi) is 6.75. The van der Waals surface area contributed by atoms with E-state index in [0.29, 0.717) is 5.92 Å². The zero-order valence-electron chi connectivity index (χ0n) is 17.3. The number of halogens is 3. The van der Waals surface area contributed by atoms with E-state index in [-0.39, 0.29) is 18.1 Å². The molecule has 4 heterocycles. The van der Waals surface area contributed by atoms with Gasteiger partial charge in [-0.15, -0.1) is 11.3 Å². The van der Waals surface area contributed by atoms with Gasteiger partial charge in [0.1, 0.15) is 16.8 Å². The topological polar surface area (TPSA) is 84.7 Å². The lowest BCUT2D eigenvalue weighted by Crippen LogP contribution is -2.44. The van der Waals surface area contributed by atoms with Crippen LogP contribution in [0.5, 0.6) is 0 Å². The Morgan fingerprint density at radius 1 is 1.32 bits per heavy atom. The van der Waals surface area contributed by atoms with Crippen molar-refractivity contribution in [2.75, 3.05) is 13.1 Å². The van der Waals surface area contributed by atoms with Gasteiger partial charge < -0.3 is 19.3 Å². The summed E-state index contributed by atoms with van der Waals surface area (Å²) in [4.78, 5) is 29.5. The number of aromatic nitrogens is 2. The summed E-state index contributed by atoms with van der Waals surface area (Å²) in [6.45, 7) is 5.72. The highest BCUT2D eigenvalue weighted by Gasteiger charge is 2.42. The van der Waals surface area contributed by atoms with Crippen molar-refractivity contribution in [1.82, 2.24) is 14.5 Å². The summed E-state index contributed by atoms with van der Waals surface area (Å²) in [5, 5.41) is 8.22. The molecule has 0 bridgehead atoms. The number of ether oxygens (including phenoxy) is 1. The van der Waals surface area contributed by atoms with Gasteiger partial charge in [-0.3, -0.25) is 4.79 Å². The molecule has 1 N–H and O–H groups in total. The maximum atomic E-state index is 12.7. The van der Waals surface area contributed by atoms with Crippen molar-refractivity contribution in [1.29, 1.82) is 0 Å². The van der Waals surface area contributed by atoms with Gasteiger partial charge in [0.05, 0.1) is 11.8 Å². The van der Waals surface area contributed by atoms with Crippen molar-refractivity contribution in [2.45, 2.75) is 45.1 Å². The summed E-state index contributed by atoms with van der Waals surface area (Å²) < 4.78 is 39.9. The predicted molar refractivity (Wildman–Crippen MR) is 107 cm³/mol. The highest BCUT2D eigenvalue weighted by molar-refractivity contribution is 7.11. The number of carboxylic acids is 1. The van der Waals surface area contributed by atoms with Gasteiger partial charge in [-0.2, -0.15) is 13.2 Å². The van der Waals surface area contributed by atoms with E-state index in [1.54, 1.807) is 11.3 Å². The molecule has 0 aliphatic carbocycles. The number of aryl methyl sites for hydroxylation is 3. The van der Waals surface area contributed by atoms with Gasteiger partial charge >= 0.3 is 12.1 Å². The van der Waals surface area contributed by atoms with Crippen LogP contribution in [-0.4, -0.2) is 56.8 Å². The van der Waals surface area contributed by atoms with E-state index in [9.17, 15) is 18.0 Å². The lowest BCUT2D eigenvalue weighted by atomic mass is 9.92. The Balaban J connectivity index is 0.000000339. The quantitative estimate of drug-likeness (QED) is 0.740. The second-order valence-corrected chi connectivity index (χ2v) is 8.93. The van der Waals surface area contributed by atoms with E-state index in [1.165, 1.54) is 4.88 Å². The average molecular weight is 459 g/mol. The van der Waals surface area contributed by atoms with Gasteiger partial charge in [-0.25, -0.2) is 9.78 Å². The van der Waals surface area contributed by atoms with Crippen molar-refractivity contribution >= 4 is 23.2 Å². The zero-order valence-corrected chi connectivity index (χ0v) is 18.2. The number of carboxylic acid groups (broad SMARTS) is 1. The normalized spacial score (nSPS) is 23.2. The van der Waals surface area contributed by atoms with Gasteiger partial charge in [-0.1, -0.05) is 0 Å². The molecule has 0 aromatic carbocycles. The van der Waals surface area contributed by atoms with Crippen LogP contribution in [0.25, 0.3) is 0 Å². The SMILES string of the molecule is Cc1nc([C@H]2C[C@H]3CN(C(=O)c4cccn4C)CC[C@@H]3O2)sc1C.O=C(O)C(F)(F)F. The molecule has 1 amide bonds. The van der Waals surface area contributed by atoms with Crippen molar-refractivity contribution in [2.24, 2.45) is 13.0 Å². The van der Waals surface area contributed by atoms with E-state index in [1.807, 2.05) is 34.8 Å². The highest BCUT2D eigenvalue weighted by atomic mass is 32.1. The molecule has 2 fully saturated rings. The fourth-order valence-corrected chi connectivity index (χ4v) is 4.75. The number of thiazole rings is 1. The number of carbonyl (C=O) groups is 2. The third-order valence-electron chi connectivity index (χ3n) is 5.53. The fraction of sp³-hybridized carbons (Fsp3) is 0.550. The number of aliphatic carboxylic acids is 1. The standard InChI is InChI=1S/C18H23N3O2S.C2HF3O2/c1-11-12(2)24-17(19-11)16-9-13-10-21(8-6-15(13)23-16)18(22)14-5-4-7-20(14)3;3-2(4,5)1(6)7/h4-5,7,13,15-16H,6,8-10H2,1-3H3;(H,6,7)/t13-,15-,16+;/m0./s1. The molecule has 31 heavy (non-hydrogen) atoms. The molecule has 11 heteroatoms. The molecule has 2 aliphatic rings. The lowest BCUT2D eigenvalue weighted by molar-refractivity contribution is -0.192. The van der Waals surface area contributed by atoms with Crippen LogP contribution in [0.2, 0.25) is 0 Å². The van der Waals surface area contributed by atoms with Gasteiger partial charge in [0, 0.05) is 37.1 Å². The molecule has 7 nitrogen and oxygen atoms in total. The second-order valence-electron chi connectivity index (χ2n) is 7.70. The maximum Gasteiger partial charge on any atom is 0.490 e. The van der Waals surface area contributed by atoms with E-state index in [0.717, 1.165) is 42.3 Å². The Morgan fingerprint density at radius 3 is 2.52 bits per heavy atom. The number of amides is 1. The van der Waals surface area contributed by atoms with Crippen molar-refractivity contribution in [3.63, 3.8) is 0 Å². The van der Waals surface area contributed by atoms with Gasteiger partial charge in [0.2, 0.25) is 0 Å². The van der Waals surface area contributed by atoms with Crippen LogP contribution in [0, 0.1) is 19.8 Å². The van der Waals surface area contributed by atoms with Gasteiger partial charge in [0.25, 0.3) is 5.91 Å². The maximum absolute atomic E-state index is 12.7. The average Bonchev–Trinajstić information content (AvgIpc) is 3.39. The Hall–Kier alpha value is -2.40. The first-order chi connectivity index (χ1) is 14.5. The van der Waals surface area contributed by atoms with Crippen LogP contribution in [0.4, 0.5) is 13.2 Å². The molecule has 2 aromatic rings. The van der Waals surface area contributed by atoms with Crippen LogP contribution < -0.4 is 0 Å². The molecule has 170 valence electrons. The molecule has 0 unspecified atom stereocenters. The molecule has 2 aromatic heterocycles. The molecule has 4 rings (SSSR count). The summed E-state index contributed by atoms with van der Waals surface area (Å²) in [5.74, 6) is -2.21. The minimum Gasteiger partial charge on any atom is -0.475 e. The molecule has 0 saturated carbocycles. The first-order valence-corrected chi connectivity index (χ1v) is 10.6. The first-order valence-electron chi connectivity index (χ1n) is 9.77. The second kappa shape index (κ2) is 8.99. The summed E-state index contributed by atoms with van der Waals surface area (Å²) in [6.07, 6.45) is -0.921. The zero-order chi connectivity index (χ0) is 22.9. The number of carbonyl (C=O) groups excluding carboxylic acids is 1. The molecule has 0 spiro atoms. The molecule has 0 radical (unpaired) electrons. The number of alkyl halides is 3. The number of likely N-dealkylation sites (tertiary alicyclic amines) is 1. The van der Waals surface area contributed by atoms with Crippen LogP contribution in [0.1, 0.15) is 45.0 Å². The monoisotopic (exact) mass is 459 g/mol. The number of fused-ring (bicyclic) bond motifs is 1. The van der Waals surface area contributed by atoms with Gasteiger partial charge in [-0.05, 0) is 38.8 Å². The summed E-state index contributed by atoms with van der Waals surface area (Å²) in [7, 11) is 1.92. The number of hydrogen-bond acceptors (Lipinski definition) is 5. The fourth-order valence-electron chi connectivity index (χ4n) is 3.78. The van der Waals surface area contributed by atoms with E-state index in [4.69, 9.17) is 14.6 Å². The Labute approximate surface area is 181 Å². The molecule has 2 saturated heterocycles. The molecular weight excluding hydrogens is 435 g/mol. The summed E-state index contributed by atoms with van der Waals surface area (Å²) >= 11 is 1.74. The van der Waals surface area contributed by atoms with Crippen molar-refractivity contribution in [3.05, 3.63) is 39.6 Å². The third kappa shape index (κ3) is 5.27. The smallest absolute Gasteiger partial charge is 0.475 e. The lowest BCUT2D eigenvalue weighted by Gasteiger charge is -2.34. The van der Waals surface area contributed by atoms with E-state index < -0.39 is 12.1 Å². The van der Waals surface area contributed by atoms with Gasteiger partial charge in [0.15, 0.2) is 0 Å². The van der Waals surface area contributed by atoms with Crippen LogP contribution >= 0.6 is 11.3 Å². The molecular formula is C20H24F3N3O4S.